The van der Waals surface area contributed by atoms with Crippen LogP contribution in [0.5, 0.6) is 0 Å². The molecule has 0 atom stereocenters. The van der Waals surface area contributed by atoms with E-state index in [1.54, 1.807) is 0 Å². The third-order valence-electron chi connectivity index (χ3n) is 5.46. The molecule has 12 heteroatoms. The molecule has 0 saturated carbocycles. The summed E-state index contributed by atoms with van der Waals surface area (Å²) in [6.07, 6.45) is 5.93. The zero-order valence-electron chi connectivity index (χ0n) is 17.0. The van der Waals surface area contributed by atoms with Gasteiger partial charge in [0.25, 0.3) is 11.8 Å². The van der Waals surface area contributed by atoms with E-state index >= 15 is 0 Å². The average molecular weight is 459 g/mol. The molecule has 0 spiro atoms. The second-order valence-electron chi connectivity index (χ2n) is 7.71. The van der Waals surface area contributed by atoms with Gasteiger partial charge in [-0.05, 0) is 6.07 Å². The fourth-order valence-corrected chi connectivity index (χ4v) is 3.69. The number of hydrogen-bond donors (Lipinski definition) is 2. The van der Waals surface area contributed by atoms with E-state index in [0.717, 1.165) is 6.20 Å². The molecular formula is C21H17F4N7O. The van der Waals surface area contributed by atoms with Gasteiger partial charge in [0, 0.05) is 49.8 Å². The largest absolute Gasteiger partial charge is 0.354 e. The molecule has 2 N–H and O–H groups in total. The van der Waals surface area contributed by atoms with Crippen molar-refractivity contribution in [2.45, 2.75) is 18.8 Å². The van der Waals surface area contributed by atoms with Crippen molar-refractivity contribution in [1.82, 2.24) is 24.5 Å². The molecule has 8 nitrogen and oxygen atoms in total. The number of pyridine rings is 2. The van der Waals surface area contributed by atoms with Gasteiger partial charge in [0.05, 0.1) is 23.8 Å². The summed E-state index contributed by atoms with van der Waals surface area (Å²) in [6, 6.07) is 2.44. The van der Waals surface area contributed by atoms with Crippen molar-refractivity contribution in [3.63, 3.8) is 0 Å². The fraction of sp³-hybridized carbons (Fsp3) is 0.238. The Morgan fingerprint density at radius 3 is 2.64 bits per heavy atom. The van der Waals surface area contributed by atoms with E-state index in [4.69, 9.17) is 0 Å². The summed E-state index contributed by atoms with van der Waals surface area (Å²) in [5.74, 6) is -4.49. The van der Waals surface area contributed by atoms with Gasteiger partial charge in [-0.15, -0.1) is 0 Å². The van der Waals surface area contributed by atoms with E-state index < -0.39 is 23.5 Å². The number of anilines is 2. The van der Waals surface area contributed by atoms with Gasteiger partial charge in [0.15, 0.2) is 11.6 Å². The van der Waals surface area contributed by atoms with Gasteiger partial charge in [-0.2, -0.15) is 0 Å². The zero-order valence-corrected chi connectivity index (χ0v) is 17.0. The van der Waals surface area contributed by atoms with Crippen LogP contribution in [-0.2, 0) is 0 Å². The molecule has 170 valence electrons. The minimum atomic E-state index is -2.74. The summed E-state index contributed by atoms with van der Waals surface area (Å²) in [5.41, 5.74) is 1.09. The Kier molecular flexibility index (Phi) is 4.99. The lowest BCUT2D eigenvalue weighted by Crippen LogP contribution is -2.40. The van der Waals surface area contributed by atoms with Crippen LogP contribution in [0.15, 0.2) is 43.2 Å². The minimum Gasteiger partial charge on any atom is -0.354 e. The molecule has 5 rings (SSSR count). The van der Waals surface area contributed by atoms with Crippen LogP contribution in [0.4, 0.5) is 29.1 Å². The number of fused-ring (bicyclic) bond motifs is 1. The number of nitrogens with one attached hydrogen (secondary N) is 2. The number of amides is 1. The number of carbonyl (C=O) groups is 1. The number of rotatable bonds is 4. The fourth-order valence-electron chi connectivity index (χ4n) is 3.69. The first kappa shape index (κ1) is 20.9. The molecule has 0 radical (unpaired) electrons. The van der Waals surface area contributed by atoms with Crippen molar-refractivity contribution in [1.29, 1.82) is 0 Å². The highest BCUT2D eigenvalue weighted by Gasteiger charge is 2.35. The quantitative estimate of drug-likeness (QED) is 0.452. The number of imidazole rings is 1. The molecular weight excluding hydrogens is 442 g/mol. The lowest BCUT2D eigenvalue weighted by atomic mass is 10.1. The van der Waals surface area contributed by atoms with Crippen molar-refractivity contribution in [2.75, 3.05) is 23.3 Å². The van der Waals surface area contributed by atoms with Crippen LogP contribution in [0, 0.1) is 11.6 Å². The Morgan fingerprint density at radius 2 is 1.88 bits per heavy atom. The van der Waals surface area contributed by atoms with E-state index in [0.29, 0.717) is 22.4 Å². The number of aromatic nitrogens is 5. The number of H-pyrrole nitrogens is 1. The van der Waals surface area contributed by atoms with Gasteiger partial charge in [0.2, 0.25) is 0 Å². The van der Waals surface area contributed by atoms with E-state index in [1.807, 2.05) is 0 Å². The lowest BCUT2D eigenvalue weighted by Gasteiger charge is -2.32. The second kappa shape index (κ2) is 7.87. The van der Waals surface area contributed by atoms with Crippen LogP contribution in [-0.4, -0.2) is 49.4 Å². The normalized spacial score (nSPS) is 15.7. The summed E-state index contributed by atoms with van der Waals surface area (Å²) in [5, 5.41) is 3.04. The Bertz CT molecular complexity index is 1340. The third-order valence-corrected chi connectivity index (χ3v) is 5.46. The van der Waals surface area contributed by atoms with Crippen molar-refractivity contribution >= 4 is 28.4 Å². The molecule has 33 heavy (non-hydrogen) atoms. The number of halogens is 4. The summed E-state index contributed by atoms with van der Waals surface area (Å²) in [7, 11) is 0. The first-order valence-electron chi connectivity index (χ1n) is 10.1. The summed E-state index contributed by atoms with van der Waals surface area (Å²) < 4.78 is 56.3. The van der Waals surface area contributed by atoms with Gasteiger partial charge < -0.3 is 19.8 Å². The van der Waals surface area contributed by atoms with Gasteiger partial charge in [-0.3, -0.25) is 4.79 Å². The second-order valence-corrected chi connectivity index (χ2v) is 7.71. The van der Waals surface area contributed by atoms with Gasteiger partial charge >= 0.3 is 0 Å². The lowest BCUT2D eigenvalue weighted by molar-refractivity contribution is -0.0222. The van der Waals surface area contributed by atoms with Crippen LogP contribution in [0.3, 0.4) is 0 Å². The van der Waals surface area contributed by atoms with Gasteiger partial charge in [-0.25, -0.2) is 32.5 Å². The monoisotopic (exact) mass is 459 g/mol. The first-order chi connectivity index (χ1) is 15.8. The zero-order chi connectivity index (χ0) is 23.2. The highest BCUT2D eigenvalue weighted by Crippen LogP contribution is 2.31. The van der Waals surface area contributed by atoms with Gasteiger partial charge in [0.1, 0.15) is 23.5 Å². The van der Waals surface area contributed by atoms with Crippen molar-refractivity contribution in [2.24, 2.45) is 0 Å². The molecule has 1 aliphatic heterocycles. The summed E-state index contributed by atoms with van der Waals surface area (Å²) in [4.78, 5) is 28.9. The molecule has 5 heterocycles. The number of piperidine rings is 1. The molecule has 0 unspecified atom stereocenters. The molecule has 4 aromatic heterocycles. The van der Waals surface area contributed by atoms with Crippen molar-refractivity contribution in [3.8, 4) is 5.69 Å². The predicted octanol–water partition coefficient (Wildman–Crippen LogP) is 3.91. The average Bonchev–Trinajstić information content (AvgIpc) is 3.42. The smallest absolute Gasteiger partial charge is 0.275 e. The highest BCUT2D eigenvalue weighted by atomic mass is 19.3. The molecule has 1 aliphatic rings. The van der Waals surface area contributed by atoms with Gasteiger partial charge in [-0.1, -0.05) is 0 Å². The predicted molar refractivity (Wildman–Crippen MR) is 112 cm³/mol. The summed E-state index contributed by atoms with van der Waals surface area (Å²) in [6.45, 7) is 0.0256. The molecule has 4 aromatic rings. The van der Waals surface area contributed by atoms with E-state index in [1.165, 1.54) is 46.5 Å². The number of hydrogen-bond acceptors (Lipinski definition) is 5. The van der Waals surface area contributed by atoms with Crippen LogP contribution in [0.1, 0.15) is 23.3 Å². The number of alkyl halides is 2. The maximum atomic E-state index is 14.7. The maximum absolute atomic E-state index is 14.7. The Hall–Kier alpha value is -3.96. The molecule has 0 aliphatic carbocycles. The van der Waals surface area contributed by atoms with Crippen LogP contribution in [0.2, 0.25) is 0 Å². The highest BCUT2D eigenvalue weighted by molar-refractivity contribution is 6.07. The first-order valence-corrected chi connectivity index (χ1v) is 10.1. The molecule has 0 bridgehead atoms. The van der Waals surface area contributed by atoms with Crippen molar-refractivity contribution in [3.05, 3.63) is 60.6 Å². The topological polar surface area (TPSA) is 91.7 Å². The van der Waals surface area contributed by atoms with Crippen LogP contribution >= 0.6 is 0 Å². The number of carbonyl (C=O) groups excluding carboxylic acids is 1. The van der Waals surface area contributed by atoms with Crippen molar-refractivity contribution < 1.29 is 22.4 Å². The van der Waals surface area contributed by atoms with E-state index in [2.05, 4.69) is 25.3 Å². The minimum absolute atomic E-state index is 0.00695. The van der Waals surface area contributed by atoms with E-state index in [9.17, 15) is 22.4 Å². The SMILES string of the molecule is O=C(Nc1c[nH]c2ncc(F)cc12)c1cn(-c2cnc(N3CCC(F)(F)CC3)c(F)c2)cn1. The Morgan fingerprint density at radius 1 is 1.09 bits per heavy atom. The van der Waals surface area contributed by atoms with E-state index in [-0.39, 0.29) is 37.4 Å². The Labute approximate surface area is 184 Å². The molecule has 1 amide bonds. The standard InChI is InChI=1S/C21H17F4N7O/c22-12-5-14-16(9-27-18(14)26-7-12)30-20(33)17-10-32(11-29-17)13-6-15(23)19(28-8-13)31-3-1-21(24,25)2-4-31/h5-11H,1-4H2,(H,26,27)(H,30,33). The number of nitrogens with zero attached hydrogens (tertiary/aromatic N) is 5. The number of aromatic amines is 1. The molecule has 0 aromatic carbocycles. The maximum Gasteiger partial charge on any atom is 0.275 e. The van der Waals surface area contributed by atoms with Crippen LogP contribution < -0.4 is 10.2 Å². The third kappa shape index (κ3) is 4.11. The summed E-state index contributed by atoms with van der Waals surface area (Å²) >= 11 is 0. The molecule has 1 saturated heterocycles. The van der Waals surface area contributed by atoms with Crippen LogP contribution in [0.25, 0.3) is 16.7 Å². The Balaban J connectivity index is 1.32. The molecule has 1 fully saturated rings.